The summed E-state index contributed by atoms with van der Waals surface area (Å²) >= 11 is 0. The number of carbonyl (C=O) groups is 1. The number of nitrogens with one attached hydrogen (secondary N) is 1. The van der Waals surface area contributed by atoms with Gasteiger partial charge in [-0.05, 0) is 30.7 Å². The summed E-state index contributed by atoms with van der Waals surface area (Å²) in [5, 5.41) is 51.6. The minimum atomic E-state index is -1.55. The van der Waals surface area contributed by atoms with Crippen LogP contribution in [-0.2, 0) is 19.0 Å². The van der Waals surface area contributed by atoms with E-state index >= 15 is 0 Å². The van der Waals surface area contributed by atoms with Crippen molar-refractivity contribution in [2.75, 3.05) is 18.5 Å². The Hall–Kier alpha value is -1.83. The molecule has 2 aliphatic rings. The monoisotopic (exact) mass is 443 g/mol. The van der Waals surface area contributed by atoms with Gasteiger partial charge in [-0.15, -0.1) is 0 Å². The second-order valence-corrected chi connectivity index (χ2v) is 7.56. The Kier molecular flexibility index (Phi) is 8.19. The molecule has 8 atom stereocenters. The third kappa shape index (κ3) is 5.90. The van der Waals surface area contributed by atoms with Crippen molar-refractivity contribution >= 4 is 11.6 Å². The molecular weight excluding hydrogens is 414 g/mol. The summed E-state index contributed by atoms with van der Waals surface area (Å²) < 4.78 is 22.6. The minimum Gasteiger partial charge on any atom is -0.465 e. The summed E-state index contributed by atoms with van der Waals surface area (Å²) in [5.74, 6) is 0.338. The van der Waals surface area contributed by atoms with Gasteiger partial charge in [-0.3, -0.25) is 4.79 Å². The lowest BCUT2D eigenvalue weighted by Crippen LogP contribution is -2.60. The quantitative estimate of drug-likeness (QED) is 0.298. The van der Waals surface area contributed by atoms with Gasteiger partial charge in [0.2, 0.25) is 5.91 Å². The molecule has 0 saturated carbocycles. The van der Waals surface area contributed by atoms with Crippen molar-refractivity contribution < 1.29 is 49.3 Å². The van der Waals surface area contributed by atoms with Crippen LogP contribution in [0.25, 0.3) is 0 Å². The zero-order chi connectivity index (χ0) is 22.5. The number of benzene rings is 1. The van der Waals surface area contributed by atoms with Crippen molar-refractivity contribution in [1.82, 2.24) is 0 Å². The number of anilines is 1. The maximum absolute atomic E-state index is 11.1. The zero-order valence-corrected chi connectivity index (χ0v) is 17.0. The smallest absolute Gasteiger partial charge is 0.221 e. The fourth-order valence-electron chi connectivity index (χ4n) is 3.56. The molecule has 1 aromatic rings. The zero-order valence-electron chi connectivity index (χ0n) is 17.0. The fraction of sp³-hybridized carbons (Fsp3) is 0.650. The Balaban J connectivity index is 1.56. The van der Waals surface area contributed by atoms with E-state index in [1.165, 1.54) is 6.92 Å². The van der Waals surface area contributed by atoms with Gasteiger partial charge in [0.25, 0.3) is 0 Å². The highest BCUT2D eigenvalue weighted by atomic mass is 16.7. The Morgan fingerprint density at radius 1 is 1.00 bits per heavy atom. The molecule has 0 unspecified atom stereocenters. The summed E-state index contributed by atoms with van der Waals surface area (Å²) in [6, 6.07) is 6.74. The van der Waals surface area contributed by atoms with E-state index in [-0.39, 0.29) is 12.5 Å². The van der Waals surface area contributed by atoms with Crippen LogP contribution in [0.3, 0.4) is 0 Å². The second kappa shape index (κ2) is 10.7. The Morgan fingerprint density at radius 3 is 2.29 bits per heavy atom. The number of carbonyl (C=O) groups excluding carboxylic acids is 1. The molecule has 1 aromatic carbocycles. The standard InChI is InChI=1S/C20H29NO10/c1-10(24)21-11-2-4-12(5-3-11)28-16-7-6-13(14(8-22)29-16)30-20-19(27)18(26)17(25)15(9-23)31-20/h2-5,13-20,22-23,25-27H,6-9H2,1H3,(H,21,24)/t13-,14+,15+,16-,17-,18-,19+,20+/m0/s1. The number of aliphatic hydroxyl groups is 5. The highest BCUT2D eigenvalue weighted by Gasteiger charge is 2.46. The normalized spacial score (nSPS) is 36.1. The third-order valence-electron chi connectivity index (χ3n) is 5.21. The maximum atomic E-state index is 11.1. The molecule has 2 aliphatic heterocycles. The van der Waals surface area contributed by atoms with Crippen LogP contribution in [0.1, 0.15) is 19.8 Å². The fourth-order valence-corrected chi connectivity index (χ4v) is 3.56. The van der Waals surface area contributed by atoms with E-state index in [4.69, 9.17) is 18.9 Å². The highest BCUT2D eigenvalue weighted by Crippen LogP contribution is 2.29. The molecule has 3 rings (SSSR count). The first kappa shape index (κ1) is 23.8. The van der Waals surface area contributed by atoms with Gasteiger partial charge in [0.15, 0.2) is 12.6 Å². The van der Waals surface area contributed by atoms with Crippen LogP contribution >= 0.6 is 0 Å². The highest BCUT2D eigenvalue weighted by molar-refractivity contribution is 5.88. The largest absolute Gasteiger partial charge is 0.465 e. The predicted octanol–water partition coefficient (Wildman–Crippen LogP) is -1.29. The molecule has 1 amide bonds. The average molecular weight is 443 g/mol. The van der Waals surface area contributed by atoms with E-state index in [0.717, 1.165) is 0 Å². The van der Waals surface area contributed by atoms with Gasteiger partial charge >= 0.3 is 0 Å². The van der Waals surface area contributed by atoms with E-state index in [1.54, 1.807) is 24.3 Å². The summed E-state index contributed by atoms with van der Waals surface area (Å²) in [7, 11) is 0. The first-order chi connectivity index (χ1) is 14.8. The van der Waals surface area contributed by atoms with E-state index in [9.17, 15) is 30.3 Å². The molecule has 2 fully saturated rings. The Labute approximate surface area is 179 Å². The van der Waals surface area contributed by atoms with Crippen LogP contribution in [0, 0.1) is 0 Å². The van der Waals surface area contributed by atoms with Crippen LogP contribution in [0.15, 0.2) is 24.3 Å². The predicted molar refractivity (Wildman–Crippen MR) is 105 cm³/mol. The minimum absolute atomic E-state index is 0.180. The number of amides is 1. The number of hydrogen-bond donors (Lipinski definition) is 6. The molecule has 11 nitrogen and oxygen atoms in total. The van der Waals surface area contributed by atoms with E-state index in [1.807, 2.05) is 0 Å². The molecule has 174 valence electrons. The van der Waals surface area contributed by atoms with Gasteiger partial charge in [-0.1, -0.05) is 0 Å². The topological polar surface area (TPSA) is 167 Å². The maximum Gasteiger partial charge on any atom is 0.221 e. The number of hydrogen-bond acceptors (Lipinski definition) is 10. The van der Waals surface area contributed by atoms with Crippen molar-refractivity contribution in [3.05, 3.63) is 24.3 Å². The molecule has 6 N–H and O–H groups in total. The molecule has 0 radical (unpaired) electrons. The van der Waals surface area contributed by atoms with Gasteiger partial charge in [0.1, 0.15) is 36.3 Å². The summed E-state index contributed by atoms with van der Waals surface area (Å²) in [6.45, 7) is 0.466. The number of ether oxygens (including phenoxy) is 4. The lowest BCUT2D eigenvalue weighted by Gasteiger charge is -2.43. The van der Waals surface area contributed by atoms with Crippen molar-refractivity contribution in [3.8, 4) is 5.75 Å². The lowest BCUT2D eigenvalue weighted by molar-refractivity contribution is -0.329. The van der Waals surface area contributed by atoms with Crippen LogP contribution in [0.5, 0.6) is 5.75 Å². The molecule has 11 heteroatoms. The van der Waals surface area contributed by atoms with Gasteiger partial charge in [-0.2, -0.15) is 0 Å². The Morgan fingerprint density at radius 2 is 1.68 bits per heavy atom. The van der Waals surface area contributed by atoms with E-state index < -0.39 is 55.8 Å². The Bertz CT molecular complexity index is 714. The van der Waals surface area contributed by atoms with Crippen LogP contribution < -0.4 is 10.1 Å². The summed E-state index contributed by atoms with van der Waals surface area (Å²) in [5.41, 5.74) is 0.630. The van der Waals surface area contributed by atoms with Gasteiger partial charge in [-0.25, -0.2) is 0 Å². The summed E-state index contributed by atoms with van der Waals surface area (Å²) in [4.78, 5) is 11.1. The van der Waals surface area contributed by atoms with Crippen molar-refractivity contribution in [2.24, 2.45) is 0 Å². The first-order valence-corrected chi connectivity index (χ1v) is 10.1. The van der Waals surface area contributed by atoms with Crippen molar-refractivity contribution in [1.29, 1.82) is 0 Å². The SMILES string of the molecule is CC(=O)Nc1ccc(O[C@@H]2CC[C@H](O[C@@H]3O[C@H](CO)[C@H](O)[C@H](O)[C@H]3O)[C@@H](CO)O2)cc1. The van der Waals surface area contributed by atoms with E-state index in [2.05, 4.69) is 5.32 Å². The summed E-state index contributed by atoms with van der Waals surface area (Å²) in [6.07, 6.45) is -8.27. The number of rotatable bonds is 7. The lowest BCUT2D eigenvalue weighted by atomic mass is 9.99. The van der Waals surface area contributed by atoms with Gasteiger partial charge in [0, 0.05) is 19.0 Å². The molecular formula is C20H29NO10. The molecule has 2 saturated heterocycles. The molecule has 31 heavy (non-hydrogen) atoms. The van der Waals surface area contributed by atoms with Crippen LogP contribution in [-0.4, -0.2) is 93.9 Å². The second-order valence-electron chi connectivity index (χ2n) is 7.56. The molecule has 0 spiro atoms. The average Bonchev–Trinajstić information content (AvgIpc) is 2.76. The third-order valence-corrected chi connectivity index (χ3v) is 5.21. The van der Waals surface area contributed by atoms with Crippen molar-refractivity contribution in [2.45, 2.75) is 69.0 Å². The molecule has 0 aromatic heterocycles. The molecule has 2 heterocycles. The molecule has 0 aliphatic carbocycles. The first-order valence-electron chi connectivity index (χ1n) is 10.1. The van der Waals surface area contributed by atoms with Crippen LogP contribution in [0.2, 0.25) is 0 Å². The number of aliphatic hydroxyl groups excluding tert-OH is 5. The van der Waals surface area contributed by atoms with Crippen LogP contribution in [0.4, 0.5) is 5.69 Å². The van der Waals surface area contributed by atoms with Crippen molar-refractivity contribution in [3.63, 3.8) is 0 Å². The van der Waals surface area contributed by atoms with E-state index in [0.29, 0.717) is 24.3 Å². The van der Waals surface area contributed by atoms with Gasteiger partial charge < -0.3 is 49.8 Å². The van der Waals surface area contributed by atoms with Gasteiger partial charge in [0.05, 0.1) is 19.3 Å². The molecule has 0 bridgehead atoms.